The van der Waals surface area contributed by atoms with Gasteiger partial charge in [0.1, 0.15) is 11.4 Å². The Morgan fingerprint density at radius 3 is 2.78 bits per heavy atom. The first kappa shape index (κ1) is 15.3. The van der Waals surface area contributed by atoms with Gasteiger partial charge in [-0.05, 0) is 43.5 Å². The number of amides is 1. The summed E-state index contributed by atoms with van der Waals surface area (Å²) in [5.41, 5.74) is 2.19. The summed E-state index contributed by atoms with van der Waals surface area (Å²) in [6, 6.07) is 11.1. The van der Waals surface area contributed by atoms with Gasteiger partial charge in [0, 0.05) is 36.7 Å². The second-order valence-corrected chi connectivity index (χ2v) is 5.63. The SMILES string of the molecule is COc1cccc(NC(=O)c2cc(N3CCCCC3)ccn2)c1. The normalized spacial score (nSPS) is 14.4. The van der Waals surface area contributed by atoms with Gasteiger partial charge in [0.2, 0.25) is 0 Å². The lowest BCUT2D eigenvalue weighted by Gasteiger charge is -2.28. The molecule has 0 bridgehead atoms. The number of methoxy groups -OCH3 is 1. The van der Waals surface area contributed by atoms with Gasteiger partial charge < -0.3 is 15.0 Å². The van der Waals surface area contributed by atoms with E-state index in [2.05, 4.69) is 15.2 Å². The van der Waals surface area contributed by atoms with E-state index in [1.54, 1.807) is 19.4 Å². The third kappa shape index (κ3) is 3.80. The second-order valence-electron chi connectivity index (χ2n) is 5.63. The number of nitrogens with zero attached hydrogens (tertiary/aromatic N) is 2. The number of pyridine rings is 1. The Labute approximate surface area is 136 Å². The van der Waals surface area contributed by atoms with E-state index in [0.717, 1.165) is 18.8 Å². The minimum Gasteiger partial charge on any atom is -0.497 e. The van der Waals surface area contributed by atoms with Crippen molar-refractivity contribution in [2.45, 2.75) is 19.3 Å². The highest BCUT2D eigenvalue weighted by molar-refractivity contribution is 6.03. The van der Waals surface area contributed by atoms with Crippen molar-refractivity contribution in [2.24, 2.45) is 0 Å². The lowest BCUT2D eigenvalue weighted by molar-refractivity contribution is 0.102. The molecule has 1 fully saturated rings. The van der Waals surface area contributed by atoms with Crippen LogP contribution in [0.15, 0.2) is 42.6 Å². The summed E-state index contributed by atoms with van der Waals surface area (Å²) in [5, 5.41) is 2.86. The lowest BCUT2D eigenvalue weighted by Crippen LogP contribution is -2.29. The molecule has 1 saturated heterocycles. The number of hydrogen-bond acceptors (Lipinski definition) is 4. The van der Waals surface area contributed by atoms with E-state index >= 15 is 0 Å². The summed E-state index contributed by atoms with van der Waals surface area (Å²) < 4.78 is 5.17. The monoisotopic (exact) mass is 311 g/mol. The quantitative estimate of drug-likeness (QED) is 0.941. The van der Waals surface area contributed by atoms with Crippen molar-refractivity contribution >= 4 is 17.3 Å². The molecule has 2 aromatic rings. The predicted octanol–water partition coefficient (Wildman–Crippen LogP) is 3.33. The number of benzene rings is 1. The van der Waals surface area contributed by atoms with Gasteiger partial charge in [-0.15, -0.1) is 0 Å². The van der Waals surface area contributed by atoms with E-state index in [0.29, 0.717) is 17.1 Å². The topological polar surface area (TPSA) is 54.5 Å². The fraction of sp³-hybridized carbons (Fsp3) is 0.333. The van der Waals surface area contributed by atoms with Crippen molar-refractivity contribution in [1.82, 2.24) is 4.98 Å². The first-order valence-corrected chi connectivity index (χ1v) is 7.93. The Morgan fingerprint density at radius 1 is 1.17 bits per heavy atom. The van der Waals surface area contributed by atoms with Crippen molar-refractivity contribution in [2.75, 3.05) is 30.4 Å². The molecule has 5 heteroatoms. The standard InChI is InChI=1S/C18H21N3O2/c1-23-16-7-5-6-14(12-16)20-18(22)17-13-15(8-9-19-17)21-10-3-2-4-11-21/h5-9,12-13H,2-4,10-11H2,1H3,(H,20,22). The van der Waals surface area contributed by atoms with Crippen molar-refractivity contribution in [3.8, 4) is 5.75 Å². The molecule has 0 radical (unpaired) electrons. The summed E-state index contributed by atoms with van der Waals surface area (Å²) in [7, 11) is 1.60. The molecule has 120 valence electrons. The Hall–Kier alpha value is -2.56. The van der Waals surface area contributed by atoms with Crippen LogP contribution in [-0.4, -0.2) is 31.1 Å². The summed E-state index contributed by atoms with van der Waals surface area (Å²) in [5.74, 6) is 0.495. The number of aromatic nitrogens is 1. The van der Waals surface area contributed by atoms with Crippen molar-refractivity contribution < 1.29 is 9.53 Å². The Kier molecular flexibility index (Phi) is 4.76. The Morgan fingerprint density at radius 2 is 2.00 bits per heavy atom. The summed E-state index contributed by atoms with van der Waals surface area (Å²) in [6.45, 7) is 2.09. The summed E-state index contributed by atoms with van der Waals surface area (Å²) in [6.07, 6.45) is 5.39. The van der Waals surface area contributed by atoms with Gasteiger partial charge in [-0.2, -0.15) is 0 Å². The maximum atomic E-state index is 12.4. The van der Waals surface area contributed by atoms with Gasteiger partial charge in [0.25, 0.3) is 5.91 Å². The smallest absolute Gasteiger partial charge is 0.274 e. The van der Waals surface area contributed by atoms with Crippen LogP contribution in [0.4, 0.5) is 11.4 Å². The molecule has 1 aliphatic rings. The van der Waals surface area contributed by atoms with Crippen LogP contribution in [0.2, 0.25) is 0 Å². The molecule has 0 saturated carbocycles. The van der Waals surface area contributed by atoms with Gasteiger partial charge in [0.05, 0.1) is 7.11 Å². The number of rotatable bonds is 4. The third-order valence-corrected chi connectivity index (χ3v) is 4.02. The van der Waals surface area contributed by atoms with Crippen LogP contribution < -0.4 is 15.0 Å². The molecular formula is C18H21N3O2. The van der Waals surface area contributed by atoms with Crippen LogP contribution in [0.3, 0.4) is 0 Å². The average molecular weight is 311 g/mol. The van der Waals surface area contributed by atoms with E-state index in [1.165, 1.54) is 19.3 Å². The number of nitrogens with one attached hydrogen (secondary N) is 1. The summed E-state index contributed by atoms with van der Waals surface area (Å²) >= 11 is 0. The maximum absolute atomic E-state index is 12.4. The van der Waals surface area contributed by atoms with E-state index < -0.39 is 0 Å². The number of piperidine rings is 1. The highest BCUT2D eigenvalue weighted by atomic mass is 16.5. The molecular weight excluding hydrogens is 290 g/mol. The molecule has 1 amide bonds. The molecule has 0 spiro atoms. The highest BCUT2D eigenvalue weighted by Gasteiger charge is 2.14. The number of carbonyl (C=O) groups excluding carboxylic acids is 1. The molecule has 3 rings (SSSR count). The number of ether oxygens (including phenoxy) is 1. The number of anilines is 2. The Bertz CT molecular complexity index is 681. The second kappa shape index (κ2) is 7.13. The molecule has 1 aromatic carbocycles. The number of carbonyl (C=O) groups is 1. The van der Waals surface area contributed by atoms with Gasteiger partial charge in [-0.3, -0.25) is 9.78 Å². The molecule has 5 nitrogen and oxygen atoms in total. The Balaban J connectivity index is 1.74. The molecule has 0 aliphatic carbocycles. The van der Waals surface area contributed by atoms with Crippen molar-refractivity contribution in [1.29, 1.82) is 0 Å². The molecule has 1 N–H and O–H groups in total. The zero-order valence-corrected chi connectivity index (χ0v) is 13.3. The maximum Gasteiger partial charge on any atom is 0.274 e. The average Bonchev–Trinajstić information content (AvgIpc) is 2.63. The minimum absolute atomic E-state index is 0.211. The first-order valence-electron chi connectivity index (χ1n) is 7.93. The van der Waals surface area contributed by atoms with Gasteiger partial charge in [0.15, 0.2) is 0 Å². The van der Waals surface area contributed by atoms with E-state index in [-0.39, 0.29) is 5.91 Å². The van der Waals surface area contributed by atoms with Gasteiger partial charge in [-0.1, -0.05) is 6.07 Å². The van der Waals surface area contributed by atoms with Crippen LogP contribution in [0.25, 0.3) is 0 Å². The van der Waals surface area contributed by atoms with Crippen LogP contribution in [0.1, 0.15) is 29.8 Å². The molecule has 1 aromatic heterocycles. The van der Waals surface area contributed by atoms with Crippen molar-refractivity contribution in [3.05, 3.63) is 48.3 Å². The first-order chi connectivity index (χ1) is 11.3. The lowest BCUT2D eigenvalue weighted by atomic mass is 10.1. The molecule has 2 heterocycles. The largest absolute Gasteiger partial charge is 0.497 e. The van der Waals surface area contributed by atoms with E-state index in [1.807, 2.05) is 30.3 Å². The van der Waals surface area contributed by atoms with Gasteiger partial charge in [-0.25, -0.2) is 0 Å². The third-order valence-electron chi connectivity index (χ3n) is 4.02. The fourth-order valence-corrected chi connectivity index (χ4v) is 2.79. The summed E-state index contributed by atoms with van der Waals surface area (Å²) in [4.78, 5) is 18.9. The fourth-order valence-electron chi connectivity index (χ4n) is 2.79. The van der Waals surface area contributed by atoms with Crippen LogP contribution in [-0.2, 0) is 0 Å². The molecule has 0 unspecified atom stereocenters. The van der Waals surface area contributed by atoms with E-state index in [4.69, 9.17) is 4.74 Å². The minimum atomic E-state index is -0.211. The molecule has 23 heavy (non-hydrogen) atoms. The predicted molar refractivity (Wildman–Crippen MR) is 91.2 cm³/mol. The zero-order valence-electron chi connectivity index (χ0n) is 13.3. The zero-order chi connectivity index (χ0) is 16.1. The molecule has 0 atom stereocenters. The van der Waals surface area contributed by atoms with Crippen molar-refractivity contribution in [3.63, 3.8) is 0 Å². The van der Waals surface area contributed by atoms with Crippen LogP contribution >= 0.6 is 0 Å². The highest BCUT2D eigenvalue weighted by Crippen LogP contribution is 2.21. The van der Waals surface area contributed by atoms with Crippen LogP contribution in [0, 0.1) is 0 Å². The number of hydrogen-bond donors (Lipinski definition) is 1. The van der Waals surface area contributed by atoms with Crippen LogP contribution in [0.5, 0.6) is 5.75 Å². The molecule has 1 aliphatic heterocycles. The van der Waals surface area contributed by atoms with Gasteiger partial charge >= 0.3 is 0 Å². The van der Waals surface area contributed by atoms with E-state index in [9.17, 15) is 4.79 Å².